The predicted octanol–water partition coefficient (Wildman–Crippen LogP) is 3.90. The molecule has 0 aliphatic heterocycles. The average Bonchev–Trinajstić information content (AvgIpc) is 3.04. The summed E-state index contributed by atoms with van der Waals surface area (Å²) >= 11 is 0. The van der Waals surface area contributed by atoms with Crippen LogP contribution in [0.3, 0.4) is 0 Å². The predicted molar refractivity (Wildman–Crippen MR) is 94.0 cm³/mol. The van der Waals surface area contributed by atoms with Crippen molar-refractivity contribution >= 4 is 5.52 Å². The Morgan fingerprint density at radius 2 is 1.76 bits per heavy atom. The lowest BCUT2D eigenvalue weighted by Gasteiger charge is -2.10. The van der Waals surface area contributed by atoms with Crippen LogP contribution in [0.25, 0.3) is 17.0 Å². The van der Waals surface area contributed by atoms with Crippen LogP contribution in [0, 0.1) is 6.92 Å². The van der Waals surface area contributed by atoms with E-state index >= 15 is 0 Å². The van der Waals surface area contributed by atoms with Gasteiger partial charge in [-0.15, -0.1) is 5.10 Å². The fraction of sp³-hybridized carbons (Fsp3) is 0.105. The summed E-state index contributed by atoms with van der Waals surface area (Å²) in [5, 5.41) is 4.55. The van der Waals surface area contributed by atoms with E-state index in [1.807, 2.05) is 61.7 Å². The van der Waals surface area contributed by atoms with E-state index in [4.69, 9.17) is 9.47 Å². The van der Waals surface area contributed by atoms with Gasteiger partial charge in [-0.3, -0.25) is 0 Å². The van der Waals surface area contributed by atoms with E-state index in [2.05, 4.69) is 15.1 Å². The van der Waals surface area contributed by atoms with Crippen molar-refractivity contribution in [2.45, 2.75) is 6.92 Å². The molecule has 0 saturated carbocycles. The zero-order valence-electron chi connectivity index (χ0n) is 13.9. The molecule has 0 aliphatic rings. The molecule has 3 aromatic heterocycles. The summed E-state index contributed by atoms with van der Waals surface area (Å²) in [6.45, 7) is 2.00. The van der Waals surface area contributed by atoms with Gasteiger partial charge in [-0.1, -0.05) is 24.3 Å². The van der Waals surface area contributed by atoms with Crippen LogP contribution in [0.5, 0.6) is 17.5 Å². The molecular weight excluding hydrogens is 316 g/mol. The van der Waals surface area contributed by atoms with Crippen LogP contribution in [0.4, 0.5) is 0 Å². The second-order valence-electron chi connectivity index (χ2n) is 5.51. The van der Waals surface area contributed by atoms with Crippen LogP contribution in [0.15, 0.2) is 60.8 Å². The SMILES string of the molecule is COc1cccc(-c2nc(Oc3ccccc3)c3c(C)ccn3n2)n1. The van der Waals surface area contributed by atoms with Crippen LogP contribution in [-0.2, 0) is 0 Å². The third-order valence-electron chi connectivity index (χ3n) is 3.80. The van der Waals surface area contributed by atoms with Crippen molar-refractivity contribution in [3.8, 4) is 29.0 Å². The lowest BCUT2D eigenvalue weighted by atomic mass is 10.3. The van der Waals surface area contributed by atoms with Crippen molar-refractivity contribution in [3.05, 3.63) is 66.4 Å². The van der Waals surface area contributed by atoms with E-state index in [1.54, 1.807) is 17.7 Å². The second kappa shape index (κ2) is 6.24. The van der Waals surface area contributed by atoms with E-state index in [0.717, 1.165) is 11.1 Å². The minimum atomic E-state index is 0.466. The van der Waals surface area contributed by atoms with Gasteiger partial charge in [0.1, 0.15) is 17.0 Å². The zero-order chi connectivity index (χ0) is 17.2. The number of rotatable bonds is 4. The summed E-state index contributed by atoms with van der Waals surface area (Å²) in [5.41, 5.74) is 2.48. The number of hydrogen-bond donors (Lipinski definition) is 0. The molecule has 4 rings (SSSR count). The maximum absolute atomic E-state index is 6.02. The molecule has 0 atom stereocenters. The number of benzene rings is 1. The number of pyridine rings is 1. The maximum Gasteiger partial charge on any atom is 0.247 e. The molecule has 0 radical (unpaired) electrons. The third kappa shape index (κ3) is 2.89. The quantitative estimate of drug-likeness (QED) is 0.567. The Hall–Kier alpha value is -3.41. The number of fused-ring (bicyclic) bond motifs is 1. The highest BCUT2D eigenvalue weighted by molar-refractivity contribution is 5.65. The normalized spacial score (nSPS) is 10.8. The van der Waals surface area contributed by atoms with Crippen LogP contribution in [0.1, 0.15) is 5.56 Å². The summed E-state index contributed by atoms with van der Waals surface area (Å²) < 4.78 is 13.0. The lowest BCUT2D eigenvalue weighted by Crippen LogP contribution is -2.02. The molecule has 1 aromatic carbocycles. The highest BCUT2D eigenvalue weighted by Gasteiger charge is 2.15. The molecule has 0 unspecified atom stereocenters. The van der Waals surface area contributed by atoms with Gasteiger partial charge in [0.2, 0.25) is 17.6 Å². The Labute approximate surface area is 144 Å². The van der Waals surface area contributed by atoms with Crippen LogP contribution in [-0.4, -0.2) is 26.7 Å². The first-order valence-corrected chi connectivity index (χ1v) is 7.85. The Bertz CT molecular complexity index is 1030. The number of ether oxygens (including phenoxy) is 2. The molecule has 0 N–H and O–H groups in total. The average molecular weight is 332 g/mol. The first kappa shape index (κ1) is 15.1. The number of nitrogens with zero attached hydrogens (tertiary/aromatic N) is 4. The summed E-state index contributed by atoms with van der Waals surface area (Å²) in [6.07, 6.45) is 1.88. The molecule has 0 amide bonds. The molecule has 0 bridgehead atoms. The fourth-order valence-corrected chi connectivity index (χ4v) is 2.57. The highest BCUT2D eigenvalue weighted by Crippen LogP contribution is 2.28. The van der Waals surface area contributed by atoms with Gasteiger partial charge in [0.15, 0.2) is 0 Å². The Kier molecular flexibility index (Phi) is 3.78. The van der Waals surface area contributed by atoms with Gasteiger partial charge in [-0.2, -0.15) is 4.98 Å². The number of para-hydroxylation sites is 1. The summed E-state index contributed by atoms with van der Waals surface area (Å²) in [7, 11) is 1.58. The molecular formula is C19H16N4O2. The van der Waals surface area contributed by atoms with Gasteiger partial charge in [0, 0.05) is 12.3 Å². The fourth-order valence-electron chi connectivity index (χ4n) is 2.57. The minimum Gasteiger partial charge on any atom is -0.481 e. The number of hydrogen-bond acceptors (Lipinski definition) is 5. The monoisotopic (exact) mass is 332 g/mol. The van der Waals surface area contributed by atoms with Crippen molar-refractivity contribution in [1.82, 2.24) is 19.6 Å². The summed E-state index contributed by atoms with van der Waals surface area (Å²) in [6, 6.07) is 17.0. The third-order valence-corrected chi connectivity index (χ3v) is 3.80. The number of aromatic nitrogens is 4. The number of aryl methyl sites for hydroxylation is 1. The smallest absolute Gasteiger partial charge is 0.247 e. The van der Waals surface area contributed by atoms with Crippen molar-refractivity contribution in [2.24, 2.45) is 0 Å². The minimum absolute atomic E-state index is 0.466. The van der Waals surface area contributed by atoms with Crippen molar-refractivity contribution < 1.29 is 9.47 Å². The van der Waals surface area contributed by atoms with Crippen molar-refractivity contribution in [2.75, 3.05) is 7.11 Å². The van der Waals surface area contributed by atoms with E-state index < -0.39 is 0 Å². The highest BCUT2D eigenvalue weighted by atomic mass is 16.5. The van der Waals surface area contributed by atoms with E-state index in [9.17, 15) is 0 Å². The van der Waals surface area contributed by atoms with Gasteiger partial charge >= 0.3 is 0 Å². The van der Waals surface area contributed by atoms with E-state index in [1.165, 1.54) is 0 Å². The van der Waals surface area contributed by atoms with Crippen LogP contribution < -0.4 is 9.47 Å². The standard InChI is InChI=1S/C19H16N4O2/c1-13-11-12-23-17(13)19(25-14-7-4-3-5-8-14)21-18(22-23)15-9-6-10-16(20-15)24-2/h3-12H,1-2H3. The van der Waals surface area contributed by atoms with Gasteiger partial charge in [-0.25, -0.2) is 9.50 Å². The molecule has 124 valence electrons. The summed E-state index contributed by atoms with van der Waals surface area (Å²) in [5.74, 6) is 2.18. The second-order valence-corrected chi connectivity index (χ2v) is 5.51. The molecule has 0 spiro atoms. The van der Waals surface area contributed by atoms with Crippen LogP contribution in [0.2, 0.25) is 0 Å². The number of methoxy groups -OCH3 is 1. The topological polar surface area (TPSA) is 61.5 Å². The van der Waals surface area contributed by atoms with Gasteiger partial charge in [-0.05, 0) is 36.8 Å². The lowest BCUT2D eigenvalue weighted by molar-refractivity contribution is 0.398. The zero-order valence-corrected chi connectivity index (χ0v) is 13.9. The Balaban J connectivity index is 1.86. The molecule has 6 heteroatoms. The molecule has 0 saturated heterocycles. The first-order chi connectivity index (χ1) is 12.2. The van der Waals surface area contributed by atoms with Gasteiger partial charge in [0.25, 0.3) is 0 Å². The molecule has 6 nitrogen and oxygen atoms in total. The molecule has 0 fully saturated rings. The molecule has 3 heterocycles. The van der Waals surface area contributed by atoms with Gasteiger partial charge < -0.3 is 9.47 Å². The summed E-state index contributed by atoms with van der Waals surface area (Å²) in [4.78, 5) is 9.01. The largest absolute Gasteiger partial charge is 0.481 e. The van der Waals surface area contributed by atoms with E-state index in [-0.39, 0.29) is 0 Å². The maximum atomic E-state index is 6.02. The first-order valence-electron chi connectivity index (χ1n) is 7.85. The molecule has 25 heavy (non-hydrogen) atoms. The van der Waals surface area contributed by atoms with E-state index in [0.29, 0.717) is 29.0 Å². The van der Waals surface area contributed by atoms with Crippen molar-refractivity contribution in [1.29, 1.82) is 0 Å². The molecule has 0 aliphatic carbocycles. The van der Waals surface area contributed by atoms with Crippen molar-refractivity contribution in [3.63, 3.8) is 0 Å². The Morgan fingerprint density at radius 1 is 0.920 bits per heavy atom. The van der Waals surface area contributed by atoms with Gasteiger partial charge in [0.05, 0.1) is 7.11 Å². The Morgan fingerprint density at radius 3 is 2.56 bits per heavy atom. The van der Waals surface area contributed by atoms with Crippen LogP contribution >= 0.6 is 0 Å². The molecule has 4 aromatic rings.